The van der Waals surface area contributed by atoms with Crippen LogP contribution in [-0.2, 0) is 0 Å². The summed E-state index contributed by atoms with van der Waals surface area (Å²) in [5, 5.41) is 0. The molecule has 64 valence electrons. The highest BCUT2D eigenvalue weighted by Crippen LogP contribution is 2.14. The maximum absolute atomic E-state index is 5.63. The molecule has 1 aliphatic rings. The largest absolute Gasteiger partial charge is 0.328 e. The minimum absolute atomic E-state index is 0. The van der Waals surface area contributed by atoms with Gasteiger partial charge in [0.05, 0.1) is 0 Å². The van der Waals surface area contributed by atoms with E-state index < -0.39 is 0 Å². The average molecular weight is 145 g/mol. The van der Waals surface area contributed by atoms with Gasteiger partial charge in [0.1, 0.15) is 0 Å². The summed E-state index contributed by atoms with van der Waals surface area (Å²) >= 11 is 0. The molecule has 0 spiro atoms. The van der Waals surface area contributed by atoms with Gasteiger partial charge >= 0.3 is 0 Å². The monoisotopic (exact) mass is 145 g/mol. The lowest BCUT2D eigenvalue weighted by atomic mass is 9.97. The van der Waals surface area contributed by atoms with Crippen LogP contribution < -0.4 is 5.73 Å². The second-order valence-corrected chi connectivity index (χ2v) is 3.11. The van der Waals surface area contributed by atoms with Crippen LogP contribution in [-0.4, -0.2) is 6.04 Å². The molecule has 2 N–H and O–H groups in total. The Bertz CT molecular complexity index is 60.6. The summed E-state index contributed by atoms with van der Waals surface area (Å²) in [5.41, 5.74) is 5.63. The SMILES string of the molecule is CCC.NC1CCCCC1.[HH]. The maximum atomic E-state index is 5.63. The molecule has 0 saturated heterocycles. The summed E-state index contributed by atoms with van der Waals surface area (Å²) in [7, 11) is 0. The van der Waals surface area contributed by atoms with Crippen LogP contribution in [0.2, 0.25) is 0 Å². The zero-order valence-corrected chi connectivity index (χ0v) is 7.40. The summed E-state index contributed by atoms with van der Waals surface area (Å²) in [5.74, 6) is 0. The Morgan fingerprint density at radius 3 is 1.80 bits per heavy atom. The molecule has 1 rings (SSSR count). The fourth-order valence-electron chi connectivity index (χ4n) is 1.13. The van der Waals surface area contributed by atoms with Crippen LogP contribution in [0.25, 0.3) is 0 Å². The Morgan fingerprint density at radius 2 is 1.60 bits per heavy atom. The van der Waals surface area contributed by atoms with Gasteiger partial charge in [0.2, 0.25) is 0 Å². The molecule has 0 heterocycles. The zero-order valence-electron chi connectivity index (χ0n) is 7.40. The molecule has 1 nitrogen and oxygen atoms in total. The minimum atomic E-state index is 0. The second kappa shape index (κ2) is 7.07. The highest BCUT2D eigenvalue weighted by atomic mass is 14.6. The van der Waals surface area contributed by atoms with E-state index in [4.69, 9.17) is 5.73 Å². The van der Waals surface area contributed by atoms with Gasteiger partial charge < -0.3 is 5.73 Å². The van der Waals surface area contributed by atoms with Crippen molar-refractivity contribution in [1.82, 2.24) is 0 Å². The number of nitrogens with two attached hydrogens (primary N) is 1. The van der Waals surface area contributed by atoms with Gasteiger partial charge in [-0.05, 0) is 12.8 Å². The van der Waals surface area contributed by atoms with E-state index in [2.05, 4.69) is 13.8 Å². The van der Waals surface area contributed by atoms with Crippen LogP contribution in [0.15, 0.2) is 0 Å². The minimum Gasteiger partial charge on any atom is -0.328 e. The molecule has 0 unspecified atom stereocenters. The molecule has 0 bridgehead atoms. The van der Waals surface area contributed by atoms with Crippen molar-refractivity contribution in [3.63, 3.8) is 0 Å². The molecule has 1 fully saturated rings. The van der Waals surface area contributed by atoms with E-state index in [1.54, 1.807) is 0 Å². The number of hydrogen-bond acceptors (Lipinski definition) is 1. The predicted molar refractivity (Wildman–Crippen MR) is 49.1 cm³/mol. The van der Waals surface area contributed by atoms with Gasteiger partial charge in [-0.1, -0.05) is 39.5 Å². The first-order chi connectivity index (χ1) is 4.81. The van der Waals surface area contributed by atoms with Crippen molar-refractivity contribution >= 4 is 0 Å². The van der Waals surface area contributed by atoms with Gasteiger partial charge in [0, 0.05) is 7.47 Å². The van der Waals surface area contributed by atoms with Gasteiger partial charge in [0.25, 0.3) is 0 Å². The second-order valence-electron chi connectivity index (χ2n) is 3.11. The molecule has 0 aromatic heterocycles. The lowest BCUT2D eigenvalue weighted by Gasteiger charge is -2.15. The Labute approximate surface area is 66.5 Å². The van der Waals surface area contributed by atoms with Crippen molar-refractivity contribution in [2.75, 3.05) is 0 Å². The van der Waals surface area contributed by atoms with Gasteiger partial charge in [-0.25, -0.2) is 0 Å². The number of hydrogen-bond donors (Lipinski definition) is 1. The van der Waals surface area contributed by atoms with Crippen LogP contribution in [0.1, 0.15) is 53.8 Å². The van der Waals surface area contributed by atoms with Gasteiger partial charge in [-0.2, -0.15) is 0 Å². The quantitative estimate of drug-likeness (QED) is 0.557. The van der Waals surface area contributed by atoms with E-state index in [0.29, 0.717) is 6.04 Å². The Kier molecular flexibility index (Phi) is 7.04. The topological polar surface area (TPSA) is 26.0 Å². The fourth-order valence-corrected chi connectivity index (χ4v) is 1.13. The van der Waals surface area contributed by atoms with Gasteiger partial charge in [-0.3, -0.25) is 0 Å². The van der Waals surface area contributed by atoms with Crippen LogP contribution in [0.3, 0.4) is 0 Å². The first-order valence-corrected chi connectivity index (χ1v) is 4.56. The molecule has 1 saturated carbocycles. The highest BCUT2D eigenvalue weighted by molar-refractivity contribution is 4.66. The first-order valence-electron chi connectivity index (χ1n) is 4.56. The Morgan fingerprint density at radius 1 is 1.20 bits per heavy atom. The van der Waals surface area contributed by atoms with E-state index in [1.165, 1.54) is 38.5 Å². The zero-order chi connectivity index (χ0) is 7.82. The van der Waals surface area contributed by atoms with E-state index >= 15 is 0 Å². The van der Waals surface area contributed by atoms with Crippen molar-refractivity contribution in [1.29, 1.82) is 0 Å². The van der Waals surface area contributed by atoms with E-state index in [0.717, 1.165) is 0 Å². The van der Waals surface area contributed by atoms with Crippen molar-refractivity contribution in [2.24, 2.45) is 5.73 Å². The van der Waals surface area contributed by atoms with Crippen LogP contribution in [0.5, 0.6) is 0 Å². The lowest BCUT2D eigenvalue weighted by Crippen LogP contribution is -2.22. The normalized spacial score (nSPS) is 19.5. The van der Waals surface area contributed by atoms with Crippen LogP contribution >= 0.6 is 0 Å². The van der Waals surface area contributed by atoms with Crippen molar-refractivity contribution < 1.29 is 1.43 Å². The molecular weight excluding hydrogens is 122 g/mol. The van der Waals surface area contributed by atoms with Gasteiger partial charge in [-0.15, -0.1) is 0 Å². The molecular formula is C9H23N. The molecule has 0 amide bonds. The average Bonchev–Trinajstić information content (AvgIpc) is 1.91. The molecule has 10 heavy (non-hydrogen) atoms. The molecule has 0 aromatic carbocycles. The van der Waals surface area contributed by atoms with Crippen LogP contribution in [0, 0.1) is 0 Å². The molecule has 0 aromatic rings. The van der Waals surface area contributed by atoms with Crippen molar-refractivity contribution in [2.45, 2.75) is 58.4 Å². The van der Waals surface area contributed by atoms with Crippen LogP contribution in [0.4, 0.5) is 0 Å². The van der Waals surface area contributed by atoms with E-state index in [-0.39, 0.29) is 1.43 Å². The van der Waals surface area contributed by atoms with E-state index in [1.807, 2.05) is 0 Å². The third-order valence-corrected chi connectivity index (χ3v) is 1.65. The Hall–Kier alpha value is -0.0400. The summed E-state index contributed by atoms with van der Waals surface area (Å²) in [6.45, 7) is 4.25. The molecule has 0 aliphatic heterocycles. The summed E-state index contributed by atoms with van der Waals surface area (Å²) < 4.78 is 0. The van der Waals surface area contributed by atoms with E-state index in [9.17, 15) is 0 Å². The molecule has 0 atom stereocenters. The molecule has 1 heteroatoms. The third kappa shape index (κ3) is 6.09. The predicted octanol–water partition coefficient (Wildman–Crippen LogP) is 2.94. The lowest BCUT2D eigenvalue weighted by molar-refractivity contribution is 0.441. The summed E-state index contributed by atoms with van der Waals surface area (Å²) in [6.07, 6.45) is 7.91. The standard InChI is InChI=1S/C6H13N.C3H8.H2/c7-6-4-2-1-3-5-6;1-3-2;/h6H,1-5,7H2;3H2,1-2H3;1H. The number of rotatable bonds is 0. The maximum Gasteiger partial charge on any atom is 0.00388 e. The summed E-state index contributed by atoms with van der Waals surface area (Å²) in [6, 6.07) is 0.536. The van der Waals surface area contributed by atoms with Gasteiger partial charge in [0.15, 0.2) is 0 Å². The molecule has 0 radical (unpaired) electrons. The summed E-state index contributed by atoms with van der Waals surface area (Å²) in [4.78, 5) is 0. The Balaban J connectivity index is 0. The molecule has 1 aliphatic carbocycles. The van der Waals surface area contributed by atoms with Crippen molar-refractivity contribution in [3.05, 3.63) is 0 Å². The fraction of sp³-hybridized carbons (Fsp3) is 1.00. The third-order valence-electron chi connectivity index (χ3n) is 1.65. The first kappa shape index (κ1) is 9.96. The van der Waals surface area contributed by atoms with Crippen molar-refractivity contribution in [3.8, 4) is 0 Å². The highest BCUT2D eigenvalue weighted by Gasteiger charge is 2.06. The smallest absolute Gasteiger partial charge is 0.00388 e.